The van der Waals surface area contributed by atoms with E-state index in [0.29, 0.717) is 48.0 Å². The number of aliphatic hydroxyl groups is 1. The van der Waals surface area contributed by atoms with E-state index in [-0.39, 0.29) is 68.4 Å². The molecule has 11 heteroatoms. The number of hydrogen-bond acceptors (Lipinski definition) is 8. The summed E-state index contributed by atoms with van der Waals surface area (Å²) in [7, 11) is 0. The Morgan fingerprint density at radius 2 is 1.64 bits per heavy atom. The number of pyridine rings is 1. The Bertz CT molecular complexity index is 2030. The predicted octanol–water partition coefficient (Wildman–Crippen LogP) is 0.284. The first-order valence-corrected chi connectivity index (χ1v) is 18.4. The minimum absolute atomic E-state index is 0. The van der Waals surface area contributed by atoms with Crippen molar-refractivity contribution in [3.63, 3.8) is 0 Å². The Balaban J connectivity index is 0.00000180. The molecule has 3 aromatic carbocycles. The normalized spacial score (nSPS) is 28.3. The first-order chi connectivity index (χ1) is 24.2. The van der Waals surface area contributed by atoms with Crippen LogP contribution >= 0.6 is 0 Å². The first kappa shape index (κ1) is 41.0. The van der Waals surface area contributed by atoms with E-state index in [1.165, 1.54) is 11.1 Å². The maximum atomic E-state index is 12.5. The standard InChI is InChI=1S/C42H46N4O4.2ClH.Pd/c1-41-20-18-31-30-16-14-29(47)24-28(30)13-15-32(31)33(41)19-22-42(41,50)21-17-26-9-11-27(12-10-26)25-44-34-6-2-3-7-35(34)45-37-38(40(49)39(37)48)46-36-8-4-5-23-43-36;;;/h4-5,8-12,14,16,23-24,31-35,44-45,47,50H,2-3,6-7,13,15,18-20,22,25H2,1H3,(H,43,46);2*1H;/q;;;+2/p-2/t31?,32?,33?,34-,35-,41+,42+;;;/m1.../s1. The van der Waals surface area contributed by atoms with Crippen LogP contribution in [0.15, 0.2) is 76.4 Å². The number of phenols is 1. The summed E-state index contributed by atoms with van der Waals surface area (Å²) in [5.41, 5.74) is 3.15. The Labute approximate surface area is 337 Å². The van der Waals surface area contributed by atoms with Crippen molar-refractivity contribution in [2.75, 3.05) is 10.6 Å². The Morgan fingerprint density at radius 1 is 0.887 bits per heavy atom. The van der Waals surface area contributed by atoms with E-state index in [9.17, 15) is 19.8 Å². The van der Waals surface area contributed by atoms with Crippen LogP contribution in [0.4, 0.5) is 17.2 Å². The zero-order valence-corrected chi connectivity index (χ0v) is 32.8. The molecule has 4 aliphatic carbocycles. The second-order valence-corrected chi connectivity index (χ2v) is 15.4. The van der Waals surface area contributed by atoms with Gasteiger partial charge in [-0.25, -0.2) is 4.98 Å². The molecule has 0 radical (unpaired) electrons. The Morgan fingerprint density at radius 3 is 2.40 bits per heavy atom. The van der Waals surface area contributed by atoms with Crippen molar-refractivity contribution < 1.29 is 55.4 Å². The summed E-state index contributed by atoms with van der Waals surface area (Å²) in [4.78, 5) is 29.1. The molecule has 8 rings (SSSR count). The maximum absolute atomic E-state index is 12.5. The molecular formula is C42H46Cl2N4O4Pd. The number of aryl methyl sites for hydroxylation is 1. The van der Waals surface area contributed by atoms with Crippen LogP contribution in [0.5, 0.6) is 5.75 Å². The second-order valence-electron chi connectivity index (χ2n) is 15.4. The van der Waals surface area contributed by atoms with Gasteiger partial charge in [-0.1, -0.05) is 55.9 Å². The van der Waals surface area contributed by atoms with E-state index in [1.54, 1.807) is 18.3 Å². The molecule has 0 saturated heterocycles. The average molecular weight is 848 g/mol. The molecule has 4 aromatic rings. The van der Waals surface area contributed by atoms with Crippen LogP contribution in [0.2, 0.25) is 0 Å². The van der Waals surface area contributed by atoms with Crippen LogP contribution in [-0.4, -0.2) is 32.9 Å². The summed E-state index contributed by atoms with van der Waals surface area (Å²) in [6.07, 6.45) is 11.5. The number of halogens is 2. The molecular weight excluding hydrogens is 802 g/mol. The van der Waals surface area contributed by atoms with Crippen LogP contribution in [0.3, 0.4) is 0 Å². The number of phenolic OH excluding ortho intramolecular Hbond substituents is 1. The number of fused-ring (bicyclic) bond motifs is 5. The molecule has 8 nitrogen and oxygen atoms in total. The third-order valence-electron chi connectivity index (χ3n) is 12.7. The van der Waals surface area contributed by atoms with Crippen LogP contribution in [0.25, 0.3) is 0 Å². The fourth-order valence-corrected chi connectivity index (χ4v) is 9.87. The molecule has 53 heavy (non-hydrogen) atoms. The van der Waals surface area contributed by atoms with E-state index in [1.807, 2.05) is 30.3 Å². The summed E-state index contributed by atoms with van der Waals surface area (Å²) >= 11 is 0. The molecule has 5 N–H and O–H groups in total. The van der Waals surface area contributed by atoms with Gasteiger partial charge in [-0.15, -0.1) is 0 Å². The Hall–Kier alpha value is -3.21. The van der Waals surface area contributed by atoms with E-state index >= 15 is 0 Å². The number of rotatable bonds is 7. The molecule has 0 bridgehead atoms. The largest absolute Gasteiger partial charge is 2.00 e. The number of aromatic nitrogens is 1. The molecule has 7 atom stereocenters. The molecule has 3 unspecified atom stereocenters. The summed E-state index contributed by atoms with van der Waals surface area (Å²) < 4.78 is 0. The van der Waals surface area contributed by atoms with E-state index in [4.69, 9.17) is 0 Å². The van der Waals surface area contributed by atoms with Gasteiger partial charge in [-0.2, -0.15) is 0 Å². The summed E-state index contributed by atoms with van der Waals surface area (Å²) in [5, 5.41) is 32.2. The van der Waals surface area contributed by atoms with Crippen molar-refractivity contribution in [2.24, 2.45) is 17.3 Å². The van der Waals surface area contributed by atoms with Crippen LogP contribution in [-0.2, 0) is 33.4 Å². The topological polar surface area (TPSA) is 124 Å². The molecule has 0 spiro atoms. The Kier molecular flexibility index (Phi) is 12.9. The molecule has 4 aliphatic rings. The third-order valence-corrected chi connectivity index (χ3v) is 12.7. The van der Waals surface area contributed by atoms with Gasteiger partial charge in [0.15, 0.2) is 0 Å². The van der Waals surface area contributed by atoms with Gasteiger partial charge in [-0.3, -0.25) is 9.59 Å². The maximum Gasteiger partial charge on any atom is 2.00 e. The van der Waals surface area contributed by atoms with Crippen LogP contribution in [0, 0.1) is 29.1 Å². The minimum Gasteiger partial charge on any atom is -1.00 e. The number of nitrogens with one attached hydrogen (secondary N) is 3. The van der Waals surface area contributed by atoms with Crippen molar-refractivity contribution in [1.29, 1.82) is 0 Å². The van der Waals surface area contributed by atoms with Gasteiger partial charge in [0.25, 0.3) is 10.9 Å². The van der Waals surface area contributed by atoms with Gasteiger partial charge in [0.05, 0.1) is 0 Å². The molecule has 3 saturated carbocycles. The van der Waals surface area contributed by atoms with Crippen molar-refractivity contribution in [3.05, 3.63) is 110 Å². The molecule has 0 aliphatic heterocycles. The summed E-state index contributed by atoms with van der Waals surface area (Å²) in [5.74, 6) is 9.11. The fraction of sp³-hybridized carbons (Fsp3) is 0.452. The van der Waals surface area contributed by atoms with Crippen LogP contribution < -0.4 is 51.6 Å². The number of anilines is 3. The minimum atomic E-state index is -1.00. The first-order valence-electron chi connectivity index (χ1n) is 18.4. The van der Waals surface area contributed by atoms with Gasteiger partial charge in [0.2, 0.25) is 0 Å². The zero-order valence-electron chi connectivity index (χ0n) is 29.7. The van der Waals surface area contributed by atoms with Crippen molar-refractivity contribution in [2.45, 2.75) is 101 Å². The molecule has 282 valence electrons. The number of benzene rings is 2. The third kappa shape index (κ3) is 7.70. The smallest absolute Gasteiger partial charge is 1.00 e. The van der Waals surface area contributed by atoms with E-state index < -0.39 is 16.5 Å². The van der Waals surface area contributed by atoms with Gasteiger partial charge in [0, 0.05) is 35.8 Å². The van der Waals surface area contributed by atoms with Gasteiger partial charge in [-0.05, 0) is 122 Å². The fourth-order valence-electron chi connectivity index (χ4n) is 9.87. The summed E-state index contributed by atoms with van der Waals surface area (Å²) in [6.45, 7) is 2.95. The second kappa shape index (κ2) is 16.7. The van der Waals surface area contributed by atoms with Crippen molar-refractivity contribution >= 4 is 17.2 Å². The summed E-state index contributed by atoms with van der Waals surface area (Å²) in [6, 6.07) is 19.8. The van der Waals surface area contributed by atoms with E-state index in [2.05, 4.69) is 57.9 Å². The van der Waals surface area contributed by atoms with E-state index in [0.717, 1.165) is 68.9 Å². The zero-order chi connectivity index (χ0) is 34.5. The average Bonchev–Trinajstić information content (AvgIpc) is 3.42. The molecule has 3 fully saturated rings. The van der Waals surface area contributed by atoms with Crippen molar-refractivity contribution in [3.8, 4) is 17.6 Å². The number of hydrogen-bond donors (Lipinski definition) is 5. The van der Waals surface area contributed by atoms with Gasteiger partial charge < -0.3 is 51.0 Å². The van der Waals surface area contributed by atoms with Gasteiger partial charge >= 0.3 is 20.4 Å². The van der Waals surface area contributed by atoms with Crippen LogP contribution in [0.1, 0.15) is 92.9 Å². The molecule has 1 heterocycles. The molecule has 1 aromatic heterocycles. The SMILES string of the molecule is C[C@]12CCC3c4ccc(O)cc4CCC3C1CC[C@@]2(O)C#Cc1ccc(CN[C@@H]2CCCC[C@H]2Nc2c(Nc3ccccn3)c(=O)c2=O)cc1.[Cl-].[Cl-].[Pd+2]. The van der Waals surface area contributed by atoms with Crippen molar-refractivity contribution in [1.82, 2.24) is 10.3 Å². The quantitative estimate of drug-likeness (QED) is 0.102. The predicted molar refractivity (Wildman–Crippen MR) is 196 cm³/mol. The van der Waals surface area contributed by atoms with Gasteiger partial charge in [0.1, 0.15) is 28.5 Å². The number of aromatic hydroxyl groups is 1. The monoisotopic (exact) mass is 846 g/mol. The number of nitrogens with zero attached hydrogens (tertiary/aromatic N) is 1. The molecule has 0 amide bonds.